The number of ether oxygens (including phenoxy) is 1. The van der Waals surface area contributed by atoms with Gasteiger partial charge in [0.15, 0.2) is 0 Å². The second-order valence-corrected chi connectivity index (χ2v) is 6.94. The Morgan fingerprint density at radius 3 is 2.48 bits per heavy atom. The fourth-order valence-corrected chi connectivity index (χ4v) is 2.92. The number of methoxy groups -OCH3 is 1. The second kappa shape index (κ2) is 7.63. The molecule has 2 rings (SSSR count). The number of hydrogen-bond acceptors (Lipinski definition) is 3. The molecule has 0 N–H and O–H groups in total. The third-order valence-corrected chi connectivity index (χ3v) is 4.56. The van der Waals surface area contributed by atoms with Crippen molar-refractivity contribution in [3.63, 3.8) is 0 Å². The van der Waals surface area contributed by atoms with Crippen LogP contribution in [0.4, 0.5) is 13.2 Å². The summed E-state index contributed by atoms with van der Waals surface area (Å²) in [7, 11) is -2.82. The Hall–Kier alpha value is -2.49. The first-order valence-electron chi connectivity index (χ1n) is 10.1. The Balaban J connectivity index is 2.68. The van der Waals surface area contributed by atoms with E-state index in [9.17, 15) is 18.4 Å². The number of hydrogen-bond donors (Lipinski definition) is 0. The van der Waals surface area contributed by atoms with Gasteiger partial charge in [-0.3, -0.25) is 4.57 Å². The van der Waals surface area contributed by atoms with Crippen LogP contribution < -0.4 is 4.74 Å². The Labute approximate surface area is 161 Å². The van der Waals surface area contributed by atoms with Crippen LogP contribution in [-0.4, -0.2) is 22.8 Å². The quantitative estimate of drug-likeness (QED) is 0.706. The standard InChI is InChI=1S/C20H24F3N3O/c1-6-14-16(12-24)26(18(7-2)25-14)15-9-8-13(10-17(15)27-5)11-19(3,4)20(21,22)23/h8-10H,6-7,11H2,1-5H3/i5D3. The van der Waals surface area contributed by atoms with Gasteiger partial charge < -0.3 is 4.74 Å². The van der Waals surface area contributed by atoms with Crippen molar-refractivity contribution < 1.29 is 22.0 Å². The average molecular weight is 382 g/mol. The van der Waals surface area contributed by atoms with Gasteiger partial charge in [0, 0.05) is 6.42 Å². The second-order valence-electron chi connectivity index (χ2n) is 6.94. The Morgan fingerprint density at radius 2 is 1.96 bits per heavy atom. The van der Waals surface area contributed by atoms with E-state index in [4.69, 9.17) is 8.85 Å². The molecule has 0 atom stereocenters. The minimum atomic E-state index is -4.43. The van der Waals surface area contributed by atoms with E-state index in [0.29, 0.717) is 24.4 Å². The summed E-state index contributed by atoms with van der Waals surface area (Å²) in [4.78, 5) is 4.44. The largest absolute Gasteiger partial charge is 0.495 e. The molecule has 7 heteroatoms. The predicted octanol–water partition coefficient (Wildman–Crippen LogP) is 5.01. The van der Waals surface area contributed by atoms with Gasteiger partial charge >= 0.3 is 6.18 Å². The number of alkyl halides is 3. The number of rotatable bonds is 6. The van der Waals surface area contributed by atoms with Crippen LogP contribution in [-0.2, 0) is 19.3 Å². The summed E-state index contributed by atoms with van der Waals surface area (Å²) in [5.41, 5.74) is -0.694. The summed E-state index contributed by atoms with van der Waals surface area (Å²) < 4.78 is 68.9. The molecule has 2 aromatic rings. The molecular weight excluding hydrogens is 355 g/mol. The third-order valence-electron chi connectivity index (χ3n) is 4.56. The van der Waals surface area contributed by atoms with E-state index in [1.165, 1.54) is 22.8 Å². The van der Waals surface area contributed by atoms with Gasteiger partial charge in [-0.15, -0.1) is 0 Å². The molecule has 1 aromatic carbocycles. The van der Waals surface area contributed by atoms with Crippen molar-refractivity contribution in [3.8, 4) is 17.5 Å². The zero-order valence-corrected chi connectivity index (χ0v) is 15.7. The van der Waals surface area contributed by atoms with Gasteiger partial charge in [-0.05, 0) is 30.5 Å². The van der Waals surface area contributed by atoms with Crippen LogP contribution in [0.25, 0.3) is 5.69 Å². The van der Waals surface area contributed by atoms with Crippen molar-refractivity contribution in [2.24, 2.45) is 5.41 Å². The maximum Gasteiger partial charge on any atom is 0.394 e. The fourth-order valence-electron chi connectivity index (χ4n) is 2.92. The zero-order chi connectivity index (χ0) is 22.9. The lowest BCUT2D eigenvalue weighted by atomic mass is 9.85. The third kappa shape index (κ3) is 3.95. The Bertz CT molecular complexity index is 957. The highest BCUT2D eigenvalue weighted by atomic mass is 19.4. The molecule has 4 nitrogen and oxygen atoms in total. The van der Waals surface area contributed by atoms with Gasteiger partial charge in [-0.1, -0.05) is 33.8 Å². The van der Waals surface area contributed by atoms with Gasteiger partial charge in [-0.2, -0.15) is 18.4 Å². The van der Waals surface area contributed by atoms with Gasteiger partial charge in [0.05, 0.1) is 27.9 Å². The summed E-state index contributed by atoms with van der Waals surface area (Å²) in [6, 6.07) is 6.34. The number of nitrogens with zero attached hydrogens (tertiary/aromatic N) is 3. The molecule has 0 saturated carbocycles. The number of aryl methyl sites for hydroxylation is 2. The van der Waals surface area contributed by atoms with Crippen LogP contribution in [0, 0.1) is 16.7 Å². The molecule has 0 saturated heterocycles. The number of nitriles is 1. The monoisotopic (exact) mass is 382 g/mol. The van der Waals surface area contributed by atoms with Crippen molar-refractivity contribution in [2.75, 3.05) is 7.04 Å². The minimum absolute atomic E-state index is 0.128. The number of aromatic nitrogens is 2. The van der Waals surface area contributed by atoms with Crippen LogP contribution in [0.1, 0.15) is 54.6 Å². The predicted molar refractivity (Wildman–Crippen MR) is 97.1 cm³/mol. The first-order valence-corrected chi connectivity index (χ1v) is 8.63. The first-order chi connectivity index (χ1) is 13.7. The van der Waals surface area contributed by atoms with Crippen LogP contribution in [0.2, 0.25) is 0 Å². The minimum Gasteiger partial charge on any atom is -0.495 e. The lowest BCUT2D eigenvalue weighted by Crippen LogP contribution is -2.34. The number of imidazole rings is 1. The molecule has 0 amide bonds. The van der Waals surface area contributed by atoms with E-state index < -0.39 is 18.6 Å². The molecule has 0 fully saturated rings. The molecular formula is C20H24F3N3O. The molecule has 0 radical (unpaired) electrons. The maximum absolute atomic E-state index is 13.3. The van der Waals surface area contributed by atoms with Crippen LogP contribution in [0.5, 0.6) is 5.75 Å². The van der Waals surface area contributed by atoms with Gasteiger partial charge in [-0.25, -0.2) is 4.98 Å². The molecule has 27 heavy (non-hydrogen) atoms. The summed E-state index contributed by atoms with van der Waals surface area (Å²) in [5, 5.41) is 9.63. The van der Waals surface area contributed by atoms with Gasteiger partial charge in [0.25, 0.3) is 0 Å². The molecule has 0 aliphatic heterocycles. The van der Waals surface area contributed by atoms with E-state index >= 15 is 0 Å². The molecule has 0 spiro atoms. The maximum atomic E-state index is 13.3. The van der Waals surface area contributed by atoms with Gasteiger partial charge in [0.2, 0.25) is 0 Å². The van der Waals surface area contributed by atoms with Crippen LogP contribution in [0.3, 0.4) is 0 Å². The van der Waals surface area contributed by atoms with Crippen molar-refractivity contribution in [1.29, 1.82) is 5.26 Å². The molecule has 0 bridgehead atoms. The smallest absolute Gasteiger partial charge is 0.394 e. The summed E-state index contributed by atoms with van der Waals surface area (Å²) in [5.74, 6) is 0.402. The highest BCUT2D eigenvalue weighted by Crippen LogP contribution is 2.41. The zero-order valence-electron chi connectivity index (χ0n) is 18.7. The van der Waals surface area contributed by atoms with Gasteiger partial charge in [0.1, 0.15) is 23.3 Å². The van der Waals surface area contributed by atoms with Crippen molar-refractivity contribution in [2.45, 2.75) is 53.1 Å². The number of benzene rings is 1. The van der Waals surface area contributed by atoms with E-state index in [-0.39, 0.29) is 29.1 Å². The average Bonchev–Trinajstić information content (AvgIpc) is 2.96. The van der Waals surface area contributed by atoms with E-state index in [0.717, 1.165) is 13.8 Å². The topological polar surface area (TPSA) is 50.8 Å². The Morgan fingerprint density at radius 1 is 1.26 bits per heavy atom. The fraction of sp³-hybridized carbons (Fsp3) is 0.500. The van der Waals surface area contributed by atoms with Crippen molar-refractivity contribution in [3.05, 3.63) is 41.0 Å². The van der Waals surface area contributed by atoms with Crippen molar-refractivity contribution >= 4 is 0 Å². The highest BCUT2D eigenvalue weighted by Gasteiger charge is 2.47. The first kappa shape index (κ1) is 16.7. The van der Waals surface area contributed by atoms with E-state index in [1.54, 1.807) is 0 Å². The molecule has 146 valence electrons. The molecule has 1 aromatic heterocycles. The Kier molecular flexibility index (Phi) is 4.71. The van der Waals surface area contributed by atoms with Crippen LogP contribution in [0.15, 0.2) is 18.2 Å². The highest BCUT2D eigenvalue weighted by molar-refractivity contribution is 5.53. The SMILES string of the molecule is [2H]C([2H])([2H])Oc1cc(CC(C)(C)C(F)(F)F)ccc1-n1c(CC)nc(CC)c1C#N. The molecule has 0 unspecified atom stereocenters. The molecule has 0 aliphatic rings. The summed E-state index contributed by atoms with van der Waals surface area (Å²) in [6.07, 6.45) is -3.83. The van der Waals surface area contributed by atoms with E-state index in [2.05, 4.69) is 11.1 Å². The van der Waals surface area contributed by atoms with Crippen LogP contribution >= 0.6 is 0 Å². The summed E-state index contributed by atoms with van der Waals surface area (Å²) >= 11 is 0. The lowest BCUT2D eigenvalue weighted by molar-refractivity contribution is -0.211. The summed E-state index contributed by atoms with van der Waals surface area (Å²) in [6.45, 7) is 5.84. The normalized spacial score (nSPS) is 14.2. The number of halogens is 3. The lowest BCUT2D eigenvalue weighted by Gasteiger charge is -2.28. The molecule has 0 aliphatic carbocycles. The molecule has 1 heterocycles. The van der Waals surface area contributed by atoms with Crippen molar-refractivity contribution in [1.82, 2.24) is 9.55 Å². The van der Waals surface area contributed by atoms with E-state index in [1.807, 2.05) is 13.8 Å².